The Morgan fingerprint density at radius 3 is 2.43 bits per heavy atom. The lowest BCUT2D eigenvalue weighted by Crippen LogP contribution is -2.43. The second-order valence-corrected chi connectivity index (χ2v) is 12.3. The molecule has 0 unspecified atom stereocenters. The SMILES string of the molecule is CN(C)Cc1c[nH]c2cccc(O[Si-](C)(C)C(C)(C)C)c12. The van der Waals surface area contributed by atoms with E-state index >= 15 is 0 Å². The molecule has 1 heterocycles. The Morgan fingerprint density at radius 1 is 1.19 bits per heavy atom. The third kappa shape index (κ3) is 3.32. The summed E-state index contributed by atoms with van der Waals surface area (Å²) in [5.41, 5.74) is 2.45. The van der Waals surface area contributed by atoms with Crippen LogP contribution in [0.25, 0.3) is 10.9 Å². The highest BCUT2D eigenvalue weighted by Crippen LogP contribution is 2.39. The van der Waals surface area contributed by atoms with Crippen molar-refractivity contribution >= 4 is 19.2 Å². The average Bonchev–Trinajstić information content (AvgIpc) is 2.71. The lowest BCUT2D eigenvalue weighted by molar-refractivity contribution is 0.403. The summed E-state index contributed by atoms with van der Waals surface area (Å²) in [7, 11) is 2.36. The summed E-state index contributed by atoms with van der Waals surface area (Å²) in [6.07, 6.45) is 2.10. The highest BCUT2D eigenvalue weighted by Gasteiger charge is 2.27. The van der Waals surface area contributed by atoms with Gasteiger partial charge in [-0.15, -0.1) is 18.1 Å². The maximum atomic E-state index is 6.56. The van der Waals surface area contributed by atoms with Crippen molar-refractivity contribution in [3.63, 3.8) is 0 Å². The van der Waals surface area contributed by atoms with Crippen LogP contribution in [0.4, 0.5) is 0 Å². The number of nitrogens with one attached hydrogen (secondary N) is 1. The van der Waals surface area contributed by atoms with Crippen molar-refractivity contribution in [2.45, 2.75) is 45.4 Å². The van der Waals surface area contributed by atoms with Gasteiger partial charge in [0.25, 0.3) is 0 Å². The molecule has 3 nitrogen and oxygen atoms in total. The Hall–Kier alpha value is -1.26. The van der Waals surface area contributed by atoms with Gasteiger partial charge >= 0.3 is 0 Å². The summed E-state index contributed by atoms with van der Waals surface area (Å²) >= 11 is 0. The number of benzene rings is 1. The quantitative estimate of drug-likeness (QED) is 0.835. The molecule has 2 rings (SSSR count). The Labute approximate surface area is 129 Å². The van der Waals surface area contributed by atoms with Crippen LogP contribution in [-0.4, -0.2) is 32.3 Å². The molecule has 0 saturated heterocycles. The van der Waals surface area contributed by atoms with Gasteiger partial charge in [-0.25, -0.2) is 0 Å². The first-order valence-corrected chi connectivity index (χ1v) is 10.5. The molecule has 0 radical (unpaired) electrons. The van der Waals surface area contributed by atoms with E-state index in [-0.39, 0.29) is 5.04 Å². The van der Waals surface area contributed by atoms with Gasteiger partial charge in [0.2, 0.25) is 0 Å². The third-order valence-corrected chi connectivity index (χ3v) is 8.75. The van der Waals surface area contributed by atoms with E-state index in [1.54, 1.807) is 0 Å². The van der Waals surface area contributed by atoms with Crippen LogP contribution >= 0.6 is 0 Å². The van der Waals surface area contributed by atoms with Gasteiger partial charge in [-0.2, -0.15) is 0 Å². The number of rotatable bonds is 4. The van der Waals surface area contributed by atoms with E-state index in [4.69, 9.17) is 4.43 Å². The zero-order valence-electron chi connectivity index (χ0n) is 14.4. The number of nitrogens with zero attached hydrogens (tertiary/aromatic N) is 1. The molecule has 1 aromatic heterocycles. The molecular weight excluding hydrogens is 276 g/mol. The minimum Gasteiger partial charge on any atom is -0.688 e. The molecule has 0 fully saturated rings. The van der Waals surface area contributed by atoms with Gasteiger partial charge in [-0.3, -0.25) is 0 Å². The molecule has 1 N–H and O–H groups in total. The summed E-state index contributed by atoms with van der Waals surface area (Å²) in [5.74, 6) is 1.03. The van der Waals surface area contributed by atoms with E-state index in [2.05, 4.69) is 82.2 Å². The molecule has 0 amide bonds. The molecule has 2 aromatic rings. The smallest absolute Gasteiger partial charge is 0.0822 e. The number of aromatic nitrogens is 1. The fourth-order valence-corrected chi connectivity index (χ4v) is 3.22. The molecule has 0 aliphatic heterocycles. The first-order chi connectivity index (χ1) is 9.62. The van der Waals surface area contributed by atoms with E-state index < -0.39 is 8.32 Å². The molecule has 0 spiro atoms. The monoisotopic (exact) mass is 304 g/mol. The van der Waals surface area contributed by atoms with Crippen LogP contribution < -0.4 is 4.43 Å². The summed E-state index contributed by atoms with van der Waals surface area (Å²) in [6, 6.07) is 6.30. The third-order valence-electron chi connectivity index (χ3n) is 4.41. The van der Waals surface area contributed by atoms with Crippen molar-refractivity contribution in [3.8, 4) is 5.75 Å². The van der Waals surface area contributed by atoms with Crippen molar-refractivity contribution in [1.82, 2.24) is 9.88 Å². The molecule has 0 aliphatic rings. The van der Waals surface area contributed by atoms with Crippen LogP contribution in [0, 0.1) is 0 Å². The van der Waals surface area contributed by atoms with Crippen LogP contribution in [0.15, 0.2) is 24.4 Å². The van der Waals surface area contributed by atoms with Crippen LogP contribution in [-0.2, 0) is 6.54 Å². The number of fused-ring (bicyclic) bond motifs is 1. The predicted molar refractivity (Wildman–Crippen MR) is 93.5 cm³/mol. The molecule has 0 saturated carbocycles. The highest BCUT2D eigenvalue weighted by molar-refractivity contribution is 6.74. The van der Waals surface area contributed by atoms with Gasteiger partial charge in [0.15, 0.2) is 0 Å². The van der Waals surface area contributed by atoms with E-state index in [1.165, 1.54) is 10.9 Å². The normalized spacial score (nSPS) is 13.1. The zero-order valence-corrected chi connectivity index (χ0v) is 15.4. The Balaban J connectivity index is 2.47. The molecule has 117 valence electrons. The molecule has 0 atom stereocenters. The molecule has 1 aromatic carbocycles. The Kier molecular flexibility index (Phi) is 4.22. The van der Waals surface area contributed by atoms with Crippen LogP contribution in [0.3, 0.4) is 0 Å². The van der Waals surface area contributed by atoms with Crippen molar-refractivity contribution in [3.05, 3.63) is 30.0 Å². The molecular formula is C17H28N2OSi-. The maximum absolute atomic E-state index is 6.56. The molecule has 21 heavy (non-hydrogen) atoms. The average molecular weight is 305 g/mol. The Bertz CT molecular complexity index is 623. The minimum atomic E-state index is -1.83. The lowest BCUT2D eigenvalue weighted by atomic mass is 10.1. The second-order valence-electron chi connectivity index (χ2n) is 7.59. The number of H-pyrrole nitrogens is 1. The van der Waals surface area contributed by atoms with Crippen LogP contribution in [0.1, 0.15) is 26.3 Å². The van der Waals surface area contributed by atoms with Crippen molar-refractivity contribution in [1.29, 1.82) is 0 Å². The van der Waals surface area contributed by atoms with E-state index in [1.807, 2.05) is 0 Å². The van der Waals surface area contributed by atoms with E-state index in [0.717, 1.165) is 17.8 Å². The topological polar surface area (TPSA) is 28.3 Å². The van der Waals surface area contributed by atoms with Crippen LogP contribution in [0.5, 0.6) is 5.75 Å². The largest absolute Gasteiger partial charge is 0.688 e. The first kappa shape index (κ1) is 16.1. The summed E-state index contributed by atoms with van der Waals surface area (Å²) in [4.78, 5) is 5.55. The Morgan fingerprint density at radius 2 is 1.86 bits per heavy atom. The molecule has 0 aliphatic carbocycles. The van der Waals surface area contributed by atoms with Crippen molar-refractivity contribution in [2.75, 3.05) is 14.1 Å². The second kappa shape index (κ2) is 5.50. The fourth-order valence-electron chi connectivity index (χ4n) is 2.20. The minimum absolute atomic E-state index is 0.202. The van der Waals surface area contributed by atoms with E-state index in [0.29, 0.717) is 0 Å². The van der Waals surface area contributed by atoms with Gasteiger partial charge in [0.05, 0.1) is 5.75 Å². The molecule has 0 bridgehead atoms. The predicted octanol–water partition coefficient (Wildman–Crippen LogP) is 4.61. The van der Waals surface area contributed by atoms with Gasteiger partial charge in [0, 0.05) is 32.0 Å². The van der Waals surface area contributed by atoms with Gasteiger partial charge in [-0.05, 0) is 31.8 Å². The van der Waals surface area contributed by atoms with Gasteiger partial charge in [-0.1, -0.05) is 26.8 Å². The van der Waals surface area contributed by atoms with Gasteiger partial charge in [0.1, 0.15) is 0 Å². The maximum Gasteiger partial charge on any atom is 0.0822 e. The summed E-state index contributed by atoms with van der Waals surface area (Å²) in [6.45, 7) is 12.3. The number of hydrogen-bond acceptors (Lipinski definition) is 2. The zero-order chi connectivity index (χ0) is 15.8. The summed E-state index contributed by atoms with van der Waals surface area (Å²) < 4.78 is 6.56. The standard InChI is InChI=1S/C17H28N2OSi/c1-17(2,3)21(6,7)20-15-10-8-9-14-16(15)13(11-18-14)12-19(4)5/h8-11,18H,12H2,1-7H3/q-1. The number of aromatic amines is 1. The van der Waals surface area contributed by atoms with Gasteiger partial charge < -0.3 is 14.3 Å². The van der Waals surface area contributed by atoms with Crippen LogP contribution in [0.2, 0.25) is 18.1 Å². The van der Waals surface area contributed by atoms with Crippen molar-refractivity contribution < 1.29 is 4.43 Å². The lowest BCUT2D eigenvalue weighted by Gasteiger charge is -2.49. The van der Waals surface area contributed by atoms with Crippen molar-refractivity contribution in [2.24, 2.45) is 0 Å². The fraction of sp³-hybridized carbons (Fsp3) is 0.529. The first-order valence-electron chi connectivity index (χ1n) is 7.54. The molecule has 4 heteroatoms. The highest BCUT2D eigenvalue weighted by atomic mass is 28.4. The van der Waals surface area contributed by atoms with E-state index in [9.17, 15) is 0 Å². The summed E-state index contributed by atoms with van der Waals surface area (Å²) in [5, 5.41) is 1.43. The number of hydrogen-bond donors (Lipinski definition) is 1.